The molecule has 0 fully saturated rings. The third kappa shape index (κ3) is 5.51. The van der Waals surface area contributed by atoms with E-state index in [2.05, 4.69) is 54.8 Å². The molecule has 0 amide bonds. The van der Waals surface area contributed by atoms with E-state index in [4.69, 9.17) is 4.74 Å². The Bertz CT molecular complexity index is 608. The van der Waals surface area contributed by atoms with E-state index >= 15 is 0 Å². The Labute approximate surface area is 140 Å². The molecule has 2 N–H and O–H groups in total. The minimum atomic E-state index is 0.194. The highest BCUT2D eigenvalue weighted by Gasteiger charge is 2.04. The first-order chi connectivity index (χ1) is 11.1. The topological polar surface area (TPSA) is 33.3 Å². The zero-order valence-electron chi connectivity index (χ0n) is 14.6. The van der Waals surface area contributed by atoms with E-state index < -0.39 is 0 Å². The monoisotopic (exact) mass is 312 g/mol. The summed E-state index contributed by atoms with van der Waals surface area (Å²) in [4.78, 5) is 0. The maximum atomic E-state index is 5.72. The van der Waals surface area contributed by atoms with Crippen molar-refractivity contribution in [1.82, 2.24) is 0 Å². The molecule has 2 rings (SSSR count). The van der Waals surface area contributed by atoms with E-state index in [1.54, 1.807) is 0 Å². The normalized spacial score (nSPS) is 10.9. The van der Waals surface area contributed by atoms with Gasteiger partial charge in [-0.05, 0) is 43.5 Å². The van der Waals surface area contributed by atoms with Crippen LogP contribution in [0.1, 0.15) is 39.2 Å². The molecule has 0 aliphatic heterocycles. The number of para-hydroxylation sites is 1. The van der Waals surface area contributed by atoms with Crippen molar-refractivity contribution < 1.29 is 4.74 Å². The van der Waals surface area contributed by atoms with Gasteiger partial charge in [-0.2, -0.15) is 0 Å². The molecule has 2 aromatic carbocycles. The van der Waals surface area contributed by atoms with Crippen LogP contribution in [-0.2, 0) is 0 Å². The van der Waals surface area contributed by atoms with Crippen LogP contribution in [0.2, 0.25) is 0 Å². The van der Waals surface area contributed by atoms with Gasteiger partial charge in [-0.1, -0.05) is 38.1 Å². The molecule has 0 unspecified atom stereocenters. The summed E-state index contributed by atoms with van der Waals surface area (Å²) in [5.41, 5.74) is 3.67. The molecule has 0 aromatic heterocycles. The highest BCUT2D eigenvalue weighted by atomic mass is 16.5. The van der Waals surface area contributed by atoms with E-state index in [1.165, 1.54) is 11.3 Å². The summed E-state index contributed by atoms with van der Waals surface area (Å²) in [6, 6.07) is 16.6. The molecule has 0 spiro atoms. The van der Waals surface area contributed by atoms with E-state index in [1.807, 2.05) is 32.0 Å². The first-order valence-corrected chi connectivity index (χ1v) is 8.39. The number of benzene rings is 2. The second-order valence-electron chi connectivity index (χ2n) is 6.29. The SMILES string of the molecule is CC(C)Oc1cccc(NCCNc2ccccc2C(C)C)c1. The Morgan fingerprint density at radius 1 is 0.870 bits per heavy atom. The summed E-state index contributed by atoms with van der Waals surface area (Å²) in [5, 5.41) is 6.95. The molecule has 0 atom stereocenters. The van der Waals surface area contributed by atoms with Crippen molar-refractivity contribution in [3.8, 4) is 5.75 Å². The minimum Gasteiger partial charge on any atom is -0.491 e. The number of hydrogen-bond acceptors (Lipinski definition) is 3. The molecule has 0 aliphatic rings. The maximum absolute atomic E-state index is 5.72. The number of nitrogens with one attached hydrogen (secondary N) is 2. The van der Waals surface area contributed by atoms with Crippen LogP contribution < -0.4 is 15.4 Å². The standard InChI is InChI=1S/C20H28N2O/c1-15(2)19-10-5-6-11-20(19)22-13-12-21-17-8-7-9-18(14-17)23-16(3)4/h5-11,14-16,21-22H,12-13H2,1-4H3. The van der Waals surface area contributed by atoms with Gasteiger partial charge in [0, 0.05) is 30.5 Å². The van der Waals surface area contributed by atoms with Gasteiger partial charge in [0.05, 0.1) is 6.10 Å². The summed E-state index contributed by atoms with van der Waals surface area (Å²) >= 11 is 0. The predicted octanol–water partition coefficient (Wildman–Crippen LogP) is 5.12. The Morgan fingerprint density at radius 3 is 2.35 bits per heavy atom. The predicted molar refractivity (Wildman–Crippen MR) is 99.7 cm³/mol. The van der Waals surface area contributed by atoms with Crippen LogP contribution in [-0.4, -0.2) is 19.2 Å². The lowest BCUT2D eigenvalue weighted by molar-refractivity contribution is 0.242. The fourth-order valence-corrected chi connectivity index (χ4v) is 2.52. The molecule has 2 aromatic rings. The smallest absolute Gasteiger partial charge is 0.121 e. The van der Waals surface area contributed by atoms with Crippen LogP contribution in [0, 0.1) is 0 Å². The van der Waals surface area contributed by atoms with Crippen LogP contribution in [0.3, 0.4) is 0 Å². The van der Waals surface area contributed by atoms with Gasteiger partial charge >= 0.3 is 0 Å². The van der Waals surface area contributed by atoms with E-state index in [0.29, 0.717) is 5.92 Å². The summed E-state index contributed by atoms with van der Waals surface area (Å²) in [7, 11) is 0. The molecule has 23 heavy (non-hydrogen) atoms. The summed E-state index contributed by atoms with van der Waals surface area (Å²) < 4.78 is 5.72. The lowest BCUT2D eigenvalue weighted by Crippen LogP contribution is -2.15. The van der Waals surface area contributed by atoms with Gasteiger partial charge < -0.3 is 15.4 Å². The van der Waals surface area contributed by atoms with Crippen molar-refractivity contribution in [3.05, 3.63) is 54.1 Å². The van der Waals surface area contributed by atoms with Crippen LogP contribution >= 0.6 is 0 Å². The van der Waals surface area contributed by atoms with Gasteiger partial charge in [-0.15, -0.1) is 0 Å². The zero-order valence-corrected chi connectivity index (χ0v) is 14.6. The largest absolute Gasteiger partial charge is 0.491 e. The van der Waals surface area contributed by atoms with E-state index in [9.17, 15) is 0 Å². The van der Waals surface area contributed by atoms with Crippen LogP contribution in [0.25, 0.3) is 0 Å². The van der Waals surface area contributed by atoms with Gasteiger partial charge in [0.1, 0.15) is 5.75 Å². The molecule has 0 radical (unpaired) electrons. The van der Waals surface area contributed by atoms with Gasteiger partial charge in [0.15, 0.2) is 0 Å². The summed E-state index contributed by atoms with van der Waals surface area (Å²) in [5.74, 6) is 1.43. The number of hydrogen-bond donors (Lipinski definition) is 2. The Morgan fingerprint density at radius 2 is 1.61 bits per heavy atom. The molecular formula is C20H28N2O. The van der Waals surface area contributed by atoms with E-state index in [-0.39, 0.29) is 6.10 Å². The fraction of sp³-hybridized carbons (Fsp3) is 0.400. The van der Waals surface area contributed by atoms with Gasteiger partial charge in [-0.25, -0.2) is 0 Å². The molecular weight excluding hydrogens is 284 g/mol. The second kappa shape index (κ2) is 8.47. The molecule has 0 aliphatic carbocycles. The molecule has 0 saturated carbocycles. The molecule has 0 heterocycles. The minimum absolute atomic E-state index is 0.194. The highest BCUT2D eigenvalue weighted by Crippen LogP contribution is 2.23. The number of anilines is 2. The van der Waals surface area contributed by atoms with Crippen LogP contribution in [0.15, 0.2) is 48.5 Å². The molecule has 0 bridgehead atoms. The van der Waals surface area contributed by atoms with Crippen molar-refractivity contribution in [2.45, 2.75) is 39.7 Å². The Kier molecular flexibility index (Phi) is 6.33. The Balaban J connectivity index is 1.84. The molecule has 3 heteroatoms. The van der Waals surface area contributed by atoms with Crippen molar-refractivity contribution in [3.63, 3.8) is 0 Å². The molecule has 3 nitrogen and oxygen atoms in total. The fourth-order valence-electron chi connectivity index (χ4n) is 2.52. The number of rotatable bonds is 8. The first-order valence-electron chi connectivity index (χ1n) is 8.39. The summed E-state index contributed by atoms with van der Waals surface area (Å²) in [6.07, 6.45) is 0.194. The molecule has 0 saturated heterocycles. The highest BCUT2D eigenvalue weighted by molar-refractivity contribution is 5.53. The van der Waals surface area contributed by atoms with Crippen LogP contribution in [0.5, 0.6) is 5.75 Å². The quantitative estimate of drug-likeness (QED) is 0.664. The van der Waals surface area contributed by atoms with Crippen molar-refractivity contribution in [2.75, 3.05) is 23.7 Å². The third-order valence-electron chi connectivity index (χ3n) is 3.56. The van der Waals surface area contributed by atoms with Gasteiger partial charge in [0.25, 0.3) is 0 Å². The maximum Gasteiger partial charge on any atom is 0.121 e. The Hall–Kier alpha value is -2.16. The van der Waals surface area contributed by atoms with Crippen molar-refractivity contribution in [2.24, 2.45) is 0 Å². The van der Waals surface area contributed by atoms with Gasteiger partial charge in [-0.3, -0.25) is 0 Å². The van der Waals surface area contributed by atoms with Gasteiger partial charge in [0.2, 0.25) is 0 Å². The average molecular weight is 312 g/mol. The molecule has 124 valence electrons. The number of ether oxygens (including phenoxy) is 1. The average Bonchev–Trinajstić information content (AvgIpc) is 2.51. The van der Waals surface area contributed by atoms with Crippen molar-refractivity contribution in [1.29, 1.82) is 0 Å². The van der Waals surface area contributed by atoms with E-state index in [0.717, 1.165) is 24.5 Å². The van der Waals surface area contributed by atoms with Crippen LogP contribution in [0.4, 0.5) is 11.4 Å². The zero-order chi connectivity index (χ0) is 16.7. The second-order valence-corrected chi connectivity index (χ2v) is 6.29. The first kappa shape index (κ1) is 17.2. The summed E-state index contributed by atoms with van der Waals surface area (Å²) in [6.45, 7) is 10.3. The van der Waals surface area contributed by atoms with Crippen molar-refractivity contribution >= 4 is 11.4 Å². The lowest BCUT2D eigenvalue weighted by atomic mass is 10.0. The lowest BCUT2D eigenvalue weighted by Gasteiger charge is -2.15. The third-order valence-corrected chi connectivity index (χ3v) is 3.56.